The predicted molar refractivity (Wildman–Crippen MR) is 92.0 cm³/mol. The molecule has 1 unspecified atom stereocenters. The van der Waals surface area contributed by atoms with Crippen LogP contribution in [0.3, 0.4) is 0 Å². The first-order chi connectivity index (χ1) is 11.4. The largest absolute Gasteiger partial charge is 0.338 e. The molecule has 1 aliphatic rings. The Hall–Kier alpha value is -2.12. The third-order valence-corrected chi connectivity index (χ3v) is 4.60. The Balaban J connectivity index is 1.82. The fourth-order valence-electron chi connectivity index (χ4n) is 2.60. The molecule has 1 heterocycles. The zero-order valence-electron chi connectivity index (χ0n) is 14.3. The smallest absolute Gasteiger partial charge is 0.319 e. The van der Waals surface area contributed by atoms with Gasteiger partial charge in [-0.15, -0.1) is 0 Å². The van der Waals surface area contributed by atoms with Crippen molar-refractivity contribution in [2.75, 3.05) is 17.2 Å². The molecule has 0 saturated carbocycles. The summed E-state index contributed by atoms with van der Waals surface area (Å²) in [7, 11) is 0. The Morgan fingerprint density at radius 3 is 2.88 bits per heavy atom. The maximum Gasteiger partial charge on any atom is 0.319 e. The van der Waals surface area contributed by atoms with Crippen molar-refractivity contribution in [1.29, 1.82) is 0 Å². The minimum absolute atomic E-state index is 0.0415. The van der Waals surface area contributed by atoms with Crippen LogP contribution in [0.1, 0.15) is 39.2 Å². The van der Waals surface area contributed by atoms with Crippen LogP contribution in [0.5, 0.6) is 0 Å². The Morgan fingerprint density at radius 1 is 1.46 bits per heavy atom. The third kappa shape index (κ3) is 4.46. The summed E-state index contributed by atoms with van der Waals surface area (Å²) in [5.74, 6) is -0.0415. The van der Waals surface area contributed by atoms with Gasteiger partial charge in [0.15, 0.2) is 0 Å². The van der Waals surface area contributed by atoms with Crippen molar-refractivity contribution >= 4 is 23.3 Å². The zero-order chi connectivity index (χ0) is 17.7. The van der Waals surface area contributed by atoms with Gasteiger partial charge in [0, 0.05) is 17.9 Å². The van der Waals surface area contributed by atoms with E-state index in [0.29, 0.717) is 25.1 Å². The van der Waals surface area contributed by atoms with Crippen molar-refractivity contribution in [2.24, 2.45) is 5.41 Å². The monoisotopic (exact) mass is 335 g/mol. The molecule has 0 saturated heterocycles. The average Bonchev–Trinajstić information content (AvgIpc) is 2.90. The van der Waals surface area contributed by atoms with E-state index in [0.717, 1.165) is 17.7 Å². The maximum atomic E-state index is 12.0. The summed E-state index contributed by atoms with van der Waals surface area (Å²) < 4.78 is 0. The molecular formula is C17H25N3O4. The van der Waals surface area contributed by atoms with E-state index in [1.165, 1.54) is 0 Å². The molecule has 132 valence electrons. The molecule has 7 nitrogen and oxygen atoms in total. The molecule has 4 N–H and O–H groups in total. The number of nitrogens with one attached hydrogen (secondary N) is 3. The summed E-state index contributed by atoms with van der Waals surface area (Å²) in [6, 6.07) is 4.98. The molecule has 0 aliphatic carbocycles. The second-order valence-electron chi connectivity index (χ2n) is 6.70. The number of anilines is 2. The number of fused-ring (bicyclic) bond motifs is 1. The molecule has 0 spiro atoms. The van der Waals surface area contributed by atoms with Gasteiger partial charge in [-0.2, -0.15) is 0 Å². The van der Waals surface area contributed by atoms with Gasteiger partial charge < -0.3 is 16.0 Å². The molecule has 7 heteroatoms. The average molecular weight is 335 g/mol. The van der Waals surface area contributed by atoms with E-state index >= 15 is 0 Å². The van der Waals surface area contributed by atoms with Crippen molar-refractivity contribution < 1.29 is 19.7 Å². The van der Waals surface area contributed by atoms with E-state index in [4.69, 9.17) is 5.26 Å². The number of carbonyl (C=O) groups excluding carboxylic acids is 2. The van der Waals surface area contributed by atoms with Gasteiger partial charge in [0.1, 0.15) is 0 Å². The molecule has 1 aromatic rings. The molecule has 2 rings (SSSR count). The van der Waals surface area contributed by atoms with E-state index in [1.54, 1.807) is 12.1 Å². The highest BCUT2D eigenvalue weighted by molar-refractivity contribution is 6.00. The predicted octanol–water partition coefficient (Wildman–Crippen LogP) is 2.99. The SMILES string of the molecule is CCC(C)(C)C(CCNC(=O)Nc1ccc2c(c1)NC(=O)C2)OO. The van der Waals surface area contributed by atoms with Gasteiger partial charge >= 0.3 is 6.03 Å². The zero-order valence-corrected chi connectivity index (χ0v) is 14.3. The van der Waals surface area contributed by atoms with Crippen LogP contribution in [0.4, 0.5) is 16.2 Å². The van der Waals surface area contributed by atoms with E-state index < -0.39 is 0 Å². The highest BCUT2D eigenvalue weighted by Crippen LogP contribution is 2.29. The molecule has 0 bridgehead atoms. The van der Waals surface area contributed by atoms with Crippen LogP contribution in [0.15, 0.2) is 18.2 Å². The molecule has 1 aliphatic heterocycles. The van der Waals surface area contributed by atoms with E-state index in [9.17, 15) is 9.59 Å². The topological polar surface area (TPSA) is 99.7 Å². The lowest BCUT2D eigenvalue weighted by molar-refractivity contribution is -0.302. The minimum atomic E-state index is -0.349. The van der Waals surface area contributed by atoms with Gasteiger partial charge in [-0.3, -0.25) is 10.1 Å². The van der Waals surface area contributed by atoms with Crippen LogP contribution >= 0.6 is 0 Å². The summed E-state index contributed by atoms with van der Waals surface area (Å²) in [4.78, 5) is 27.8. The second-order valence-corrected chi connectivity index (χ2v) is 6.70. The molecular weight excluding hydrogens is 310 g/mol. The normalized spacial score (nSPS) is 14.8. The lowest BCUT2D eigenvalue weighted by Crippen LogP contribution is -2.36. The maximum absolute atomic E-state index is 12.0. The lowest BCUT2D eigenvalue weighted by atomic mass is 9.82. The quantitative estimate of drug-likeness (QED) is 0.454. The molecule has 1 atom stereocenters. The molecule has 0 radical (unpaired) electrons. The van der Waals surface area contributed by atoms with Crippen LogP contribution in [0, 0.1) is 5.41 Å². The number of benzene rings is 1. The van der Waals surface area contributed by atoms with Crippen molar-refractivity contribution in [2.45, 2.75) is 46.1 Å². The third-order valence-electron chi connectivity index (χ3n) is 4.60. The molecule has 3 amide bonds. The first kappa shape index (κ1) is 18.2. The number of carbonyl (C=O) groups is 2. The van der Waals surface area contributed by atoms with Gasteiger partial charge in [0.05, 0.1) is 12.5 Å². The molecule has 0 fully saturated rings. The number of hydrogen-bond acceptors (Lipinski definition) is 4. The van der Waals surface area contributed by atoms with E-state index in [-0.39, 0.29) is 23.5 Å². The van der Waals surface area contributed by atoms with Gasteiger partial charge in [-0.1, -0.05) is 26.8 Å². The lowest BCUT2D eigenvalue weighted by Gasteiger charge is -2.30. The Kier molecular flexibility index (Phi) is 5.80. The Morgan fingerprint density at radius 2 is 2.21 bits per heavy atom. The highest BCUT2D eigenvalue weighted by Gasteiger charge is 2.28. The van der Waals surface area contributed by atoms with Crippen molar-refractivity contribution in [1.82, 2.24) is 5.32 Å². The van der Waals surface area contributed by atoms with Crippen LogP contribution in [-0.2, 0) is 16.1 Å². The van der Waals surface area contributed by atoms with Gasteiger partial charge in [0.2, 0.25) is 5.91 Å². The minimum Gasteiger partial charge on any atom is -0.338 e. The van der Waals surface area contributed by atoms with Crippen LogP contribution in [-0.4, -0.2) is 29.8 Å². The van der Waals surface area contributed by atoms with Crippen molar-refractivity contribution in [3.8, 4) is 0 Å². The summed E-state index contributed by atoms with van der Waals surface area (Å²) in [5, 5.41) is 17.3. The number of hydrogen-bond donors (Lipinski definition) is 4. The van der Waals surface area contributed by atoms with E-state index in [2.05, 4.69) is 20.8 Å². The molecule has 24 heavy (non-hydrogen) atoms. The second kappa shape index (κ2) is 7.63. The van der Waals surface area contributed by atoms with Crippen molar-refractivity contribution in [3.63, 3.8) is 0 Å². The summed E-state index contributed by atoms with van der Waals surface area (Å²) >= 11 is 0. The fraction of sp³-hybridized carbons (Fsp3) is 0.529. The summed E-state index contributed by atoms with van der Waals surface area (Å²) in [6.07, 6.45) is 1.38. The standard InChI is InChI=1S/C17H25N3O4/c1-4-17(2,3)14(24-23)7-8-18-16(22)19-12-6-5-11-9-15(21)20-13(11)10-12/h5-6,10,14,23H,4,7-9H2,1-3H3,(H,20,21)(H2,18,19,22). The number of rotatable bonds is 7. The molecule has 1 aromatic carbocycles. The van der Waals surface area contributed by atoms with Gasteiger partial charge in [-0.05, 0) is 36.0 Å². The summed E-state index contributed by atoms with van der Waals surface area (Å²) in [5.41, 5.74) is 2.09. The fourth-order valence-corrected chi connectivity index (χ4v) is 2.60. The van der Waals surface area contributed by atoms with Crippen LogP contribution < -0.4 is 16.0 Å². The van der Waals surface area contributed by atoms with Crippen molar-refractivity contribution in [3.05, 3.63) is 23.8 Å². The summed E-state index contributed by atoms with van der Waals surface area (Å²) in [6.45, 7) is 6.42. The van der Waals surface area contributed by atoms with Gasteiger partial charge in [-0.25, -0.2) is 9.68 Å². The Labute approximate surface area is 141 Å². The molecule has 0 aromatic heterocycles. The Bertz CT molecular complexity index is 616. The highest BCUT2D eigenvalue weighted by atomic mass is 17.1. The first-order valence-corrected chi connectivity index (χ1v) is 8.13. The number of urea groups is 1. The number of amides is 3. The van der Waals surface area contributed by atoms with Gasteiger partial charge in [0.25, 0.3) is 0 Å². The first-order valence-electron chi connectivity index (χ1n) is 8.13. The van der Waals surface area contributed by atoms with Crippen LogP contribution in [0.25, 0.3) is 0 Å². The van der Waals surface area contributed by atoms with E-state index in [1.807, 2.05) is 26.8 Å². The van der Waals surface area contributed by atoms with Crippen LogP contribution in [0.2, 0.25) is 0 Å².